The highest BCUT2D eigenvalue weighted by atomic mass is 16.2. The Morgan fingerprint density at radius 3 is 2.58 bits per heavy atom. The summed E-state index contributed by atoms with van der Waals surface area (Å²) in [7, 11) is 9.66. The number of fused-ring (bicyclic) bond motifs is 2. The summed E-state index contributed by atoms with van der Waals surface area (Å²) in [6.45, 7) is 2.10. The molecule has 0 radical (unpaired) electrons. The number of allylic oxidation sites excluding steroid dienone is 4. The van der Waals surface area contributed by atoms with Gasteiger partial charge in [-0.05, 0) is 48.0 Å². The lowest BCUT2D eigenvalue weighted by molar-refractivity contribution is 0.0940. The lowest BCUT2D eigenvalue weighted by atomic mass is 9.66. The molecule has 45 heavy (non-hydrogen) atoms. The highest BCUT2D eigenvalue weighted by Crippen LogP contribution is 2.23. The number of nitrogens with two attached hydrogens (primary N) is 1. The van der Waals surface area contributed by atoms with E-state index in [0.29, 0.717) is 33.4 Å². The van der Waals surface area contributed by atoms with E-state index in [9.17, 15) is 9.59 Å². The first-order valence-corrected chi connectivity index (χ1v) is 14.4. The summed E-state index contributed by atoms with van der Waals surface area (Å²) in [6.07, 6.45) is 10.7. The van der Waals surface area contributed by atoms with E-state index in [1.54, 1.807) is 27.7 Å². The van der Waals surface area contributed by atoms with Crippen LogP contribution in [0.1, 0.15) is 40.3 Å². The zero-order chi connectivity index (χ0) is 32.4. The summed E-state index contributed by atoms with van der Waals surface area (Å²) in [4.78, 5) is 32.2. The molecule has 14 heteroatoms. The van der Waals surface area contributed by atoms with Crippen molar-refractivity contribution >= 4 is 59.5 Å². The molecule has 0 saturated carbocycles. The molecule has 1 aromatic carbocycles. The third kappa shape index (κ3) is 6.09. The molecule has 4 aromatic heterocycles. The maximum atomic E-state index is 14.4. The van der Waals surface area contributed by atoms with Gasteiger partial charge in [0.15, 0.2) is 11.5 Å². The number of aryl methyl sites for hydroxylation is 1. The highest BCUT2D eigenvalue weighted by Gasteiger charge is 2.23. The number of terminal acetylenes is 1. The van der Waals surface area contributed by atoms with Crippen molar-refractivity contribution in [2.24, 2.45) is 7.05 Å². The number of aromatic nitrogens is 6. The zero-order valence-electron chi connectivity index (χ0n) is 26.1. The molecule has 0 fully saturated rings. The lowest BCUT2D eigenvalue weighted by Gasteiger charge is -2.22. The average Bonchev–Trinajstić information content (AvgIpc) is 3.60. The number of pyridine rings is 1. The first-order valence-electron chi connectivity index (χ1n) is 14.4. The van der Waals surface area contributed by atoms with E-state index in [-0.39, 0.29) is 23.5 Å². The second kappa shape index (κ2) is 12.6. The van der Waals surface area contributed by atoms with Crippen LogP contribution in [0, 0.1) is 24.2 Å². The topological polar surface area (TPSA) is 125 Å². The lowest BCUT2D eigenvalue weighted by Crippen LogP contribution is -2.33. The number of nitrogen functional groups attached to an aromatic ring is 1. The SMILES string of the molecule is B/C(C#C)=C(B)/C(B)=C(/B)Cn1c([C@H](C)NC(=O)c2c(N)nn3cccnc23)cc2cccc(C#Cc3ccn(C)n3)c2c1=O. The minimum absolute atomic E-state index is 0.0611. The summed E-state index contributed by atoms with van der Waals surface area (Å²) >= 11 is 0. The van der Waals surface area contributed by atoms with E-state index in [4.69, 9.17) is 12.2 Å². The molecule has 5 aromatic rings. The average molecular weight is 590 g/mol. The molecule has 4 heterocycles. The number of hydrogen-bond acceptors (Lipinski definition) is 6. The van der Waals surface area contributed by atoms with Crippen LogP contribution in [0.15, 0.2) is 81.7 Å². The molecule has 10 nitrogen and oxygen atoms in total. The largest absolute Gasteiger partial charge is 0.381 e. The van der Waals surface area contributed by atoms with Crippen LogP contribution < -0.4 is 16.6 Å². The van der Waals surface area contributed by atoms with Gasteiger partial charge in [0, 0.05) is 43.4 Å². The predicted molar refractivity (Wildman–Crippen MR) is 188 cm³/mol. The number of hydrogen-bond donors (Lipinski definition) is 2. The molecule has 5 rings (SSSR count). The first-order chi connectivity index (χ1) is 21.5. The van der Waals surface area contributed by atoms with Crippen molar-refractivity contribution < 1.29 is 4.79 Å². The molecule has 0 aliphatic rings. The molecule has 0 bridgehead atoms. The van der Waals surface area contributed by atoms with Crippen LogP contribution in [0.2, 0.25) is 0 Å². The fourth-order valence-corrected chi connectivity index (χ4v) is 5.19. The molecule has 0 saturated heterocycles. The van der Waals surface area contributed by atoms with Crippen LogP contribution in [-0.2, 0) is 13.6 Å². The van der Waals surface area contributed by atoms with E-state index in [1.807, 2.05) is 81.9 Å². The van der Waals surface area contributed by atoms with Gasteiger partial charge in [-0.25, -0.2) is 9.50 Å². The molecular weight excluding hydrogens is 560 g/mol. The van der Waals surface area contributed by atoms with E-state index >= 15 is 0 Å². The van der Waals surface area contributed by atoms with Gasteiger partial charge in [0.1, 0.15) is 42.6 Å². The quantitative estimate of drug-likeness (QED) is 0.146. The second-order valence-corrected chi connectivity index (χ2v) is 11.0. The number of anilines is 1. The van der Waals surface area contributed by atoms with Crippen molar-refractivity contribution in [1.29, 1.82) is 0 Å². The van der Waals surface area contributed by atoms with Crippen molar-refractivity contribution in [2.75, 3.05) is 5.73 Å². The Morgan fingerprint density at radius 1 is 1.09 bits per heavy atom. The van der Waals surface area contributed by atoms with E-state index in [0.717, 1.165) is 21.9 Å². The third-order valence-corrected chi connectivity index (χ3v) is 8.03. The van der Waals surface area contributed by atoms with Crippen molar-refractivity contribution in [2.45, 2.75) is 19.5 Å². The molecule has 3 N–H and O–H groups in total. The smallest absolute Gasteiger partial charge is 0.260 e. The summed E-state index contributed by atoms with van der Waals surface area (Å²) in [5.74, 6) is 8.52. The fraction of sp³-hybridized carbons (Fsp3) is 0.129. The summed E-state index contributed by atoms with van der Waals surface area (Å²) in [5.41, 5.74) is 11.9. The molecule has 1 atom stereocenters. The Bertz CT molecular complexity index is 2230. The summed E-state index contributed by atoms with van der Waals surface area (Å²) in [6, 6.07) is 10.4. The van der Waals surface area contributed by atoms with Gasteiger partial charge in [-0.2, -0.15) is 5.10 Å². The Balaban J connectivity index is 1.65. The normalized spacial score (nSPS) is 12.9. The van der Waals surface area contributed by atoms with Gasteiger partial charge < -0.3 is 15.6 Å². The third-order valence-electron chi connectivity index (χ3n) is 8.03. The Kier molecular flexibility index (Phi) is 8.60. The van der Waals surface area contributed by atoms with Crippen LogP contribution >= 0.6 is 0 Å². The van der Waals surface area contributed by atoms with Crippen LogP contribution in [0.5, 0.6) is 0 Å². The van der Waals surface area contributed by atoms with Gasteiger partial charge in [-0.1, -0.05) is 34.9 Å². The summed E-state index contributed by atoms with van der Waals surface area (Å²) in [5, 5.41) is 12.7. The standard InChI is InChI=1S/C31H30B4N8O2/c1-4-21(32)26(34)27(35)22(33)16-42-23(17(2)38-30(44)25-28(36)40-43-13-6-12-37-29(25)43)15-19-8-5-7-18(24(19)31(42)45)9-10-20-11-14-41(3)39-20/h1,5-8,11-15,17H,16,32-35H2,2-3H3,(H2,36,40)(H,38,44)/b26-21-,27-22-/t17-/m0/s1. The minimum Gasteiger partial charge on any atom is -0.381 e. The van der Waals surface area contributed by atoms with Crippen molar-refractivity contribution in [1.82, 2.24) is 34.3 Å². The number of nitrogens with one attached hydrogen (secondary N) is 1. The van der Waals surface area contributed by atoms with Gasteiger partial charge in [0.25, 0.3) is 11.5 Å². The van der Waals surface area contributed by atoms with E-state index in [1.165, 1.54) is 4.52 Å². The van der Waals surface area contributed by atoms with Crippen LogP contribution in [0.25, 0.3) is 16.4 Å². The maximum absolute atomic E-state index is 14.4. The molecule has 1 amide bonds. The molecule has 218 valence electrons. The number of benzene rings is 1. The number of amides is 1. The van der Waals surface area contributed by atoms with Crippen molar-refractivity contribution in [3.05, 3.63) is 110 Å². The van der Waals surface area contributed by atoms with E-state index in [2.05, 4.69) is 38.3 Å². The number of nitrogens with zero attached hydrogens (tertiary/aromatic N) is 6. The molecule has 0 aliphatic carbocycles. The first kappa shape index (κ1) is 30.8. The van der Waals surface area contributed by atoms with Crippen molar-refractivity contribution in [3.8, 4) is 24.2 Å². The molecule has 0 unspecified atom stereocenters. The Labute approximate surface area is 264 Å². The summed E-state index contributed by atoms with van der Waals surface area (Å²) < 4.78 is 4.82. The number of carbonyl (C=O) groups excluding carboxylic acids is 1. The predicted octanol–water partition coefficient (Wildman–Crippen LogP) is -1.16. The monoisotopic (exact) mass is 590 g/mol. The van der Waals surface area contributed by atoms with Gasteiger partial charge >= 0.3 is 0 Å². The number of carbonyl (C=O) groups is 1. The zero-order valence-corrected chi connectivity index (χ0v) is 26.1. The maximum Gasteiger partial charge on any atom is 0.260 e. The number of rotatable bonds is 6. The second-order valence-electron chi connectivity index (χ2n) is 11.0. The van der Waals surface area contributed by atoms with Gasteiger partial charge in [0.2, 0.25) is 0 Å². The van der Waals surface area contributed by atoms with Crippen LogP contribution in [-0.4, -0.2) is 66.2 Å². The molecule has 0 spiro atoms. The fourth-order valence-electron chi connectivity index (χ4n) is 5.19. The Morgan fingerprint density at radius 2 is 1.87 bits per heavy atom. The highest BCUT2D eigenvalue weighted by molar-refractivity contribution is 6.44. The Hall–Kier alpha value is -5.61. The van der Waals surface area contributed by atoms with Gasteiger partial charge in [-0.3, -0.25) is 14.3 Å². The van der Waals surface area contributed by atoms with Gasteiger partial charge in [-0.15, -0.1) is 17.0 Å². The van der Waals surface area contributed by atoms with Crippen LogP contribution in [0.4, 0.5) is 5.82 Å². The van der Waals surface area contributed by atoms with Crippen LogP contribution in [0.3, 0.4) is 0 Å². The van der Waals surface area contributed by atoms with Gasteiger partial charge in [0.05, 0.1) is 11.4 Å². The molecule has 0 aliphatic heterocycles. The van der Waals surface area contributed by atoms with E-state index < -0.39 is 11.9 Å². The van der Waals surface area contributed by atoms with Crippen molar-refractivity contribution in [3.63, 3.8) is 0 Å². The minimum atomic E-state index is -0.590. The molecular formula is C31H30B4N8O2.